The molecule has 152 valence electrons. The van der Waals surface area contributed by atoms with Crippen molar-refractivity contribution in [2.45, 2.75) is 43.6 Å². The Morgan fingerprint density at radius 2 is 1.96 bits per heavy atom. The fourth-order valence-corrected chi connectivity index (χ4v) is 4.45. The summed E-state index contributed by atoms with van der Waals surface area (Å²) in [6.45, 7) is 4.21. The topological polar surface area (TPSA) is 105 Å². The highest BCUT2D eigenvalue weighted by Crippen LogP contribution is 2.37. The number of carbonyl (C=O) groups is 1. The molecule has 1 aromatic carbocycles. The van der Waals surface area contributed by atoms with E-state index >= 15 is 0 Å². The molecule has 0 aliphatic carbocycles. The van der Waals surface area contributed by atoms with Crippen molar-refractivity contribution in [3.05, 3.63) is 28.8 Å². The lowest BCUT2D eigenvalue weighted by molar-refractivity contribution is -0.142. The highest BCUT2D eigenvalue weighted by Gasteiger charge is 2.43. The molecule has 2 N–H and O–H groups in total. The van der Waals surface area contributed by atoms with Gasteiger partial charge in [0.05, 0.1) is 11.6 Å². The maximum atomic E-state index is 12.7. The number of amides is 1. The first-order valence-electron chi connectivity index (χ1n) is 8.67. The van der Waals surface area contributed by atoms with E-state index in [0.29, 0.717) is 13.2 Å². The molecular formula is C17H25ClN2O6S. The lowest BCUT2D eigenvalue weighted by Crippen LogP contribution is -2.40. The standard InChI is InChI=1S/C17H25ClN2O6S/c1-4-25-16(26-5-2)11-19-27(23,24)14-10-12(6-7-13(14)18)17(22)9-8-15(21)20(17)3/h6-7,10,16,19,22H,4-5,8-9,11H2,1-3H3. The number of likely N-dealkylation sites (tertiary alicyclic amines) is 1. The number of nitrogens with zero attached hydrogens (tertiary/aromatic N) is 1. The van der Waals surface area contributed by atoms with Crippen LogP contribution in [-0.4, -0.2) is 57.4 Å². The van der Waals surface area contributed by atoms with Crippen molar-refractivity contribution in [2.24, 2.45) is 0 Å². The summed E-state index contributed by atoms with van der Waals surface area (Å²) in [5.41, 5.74) is -1.28. The second-order valence-electron chi connectivity index (χ2n) is 6.11. The van der Waals surface area contributed by atoms with Gasteiger partial charge in [0.2, 0.25) is 15.9 Å². The Hall–Kier alpha value is -1.23. The number of aliphatic hydroxyl groups is 1. The lowest BCUT2D eigenvalue weighted by atomic mass is 10.0. The van der Waals surface area contributed by atoms with Crippen molar-refractivity contribution in [1.82, 2.24) is 9.62 Å². The van der Waals surface area contributed by atoms with Crippen LogP contribution in [0.25, 0.3) is 0 Å². The summed E-state index contributed by atoms with van der Waals surface area (Å²) < 4.78 is 38.5. The van der Waals surface area contributed by atoms with Crippen LogP contribution in [0.2, 0.25) is 5.02 Å². The van der Waals surface area contributed by atoms with Gasteiger partial charge in [0, 0.05) is 38.7 Å². The molecule has 0 spiro atoms. The Kier molecular flexibility index (Phi) is 7.23. The molecule has 2 rings (SSSR count). The van der Waals surface area contributed by atoms with Crippen LogP contribution in [0, 0.1) is 0 Å². The van der Waals surface area contributed by atoms with Gasteiger partial charge in [0.25, 0.3) is 0 Å². The second kappa shape index (κ2) is 8.85. The summed E-state index contributed by atoms with van der Waals surface area (Å²) in [7, 11) is -2.51. The largest absolute Gasteiger partial charge is 0.367 e. The van der Waals surface area contributed by atoms with Crippen LogP contribution in [0.3, 0.4) is 0 Å². The fraction of sp³-hybridized carbons (Fsp3) is 0.588. The summed E-state index contributed by atoms with van der Waals surface area (Å²) in [5.74, 6) is -0.216. The SMILES string of the molecule is CCOC(CNS(=O)(=O)c1cc(C2(O)CCC(=O)N2C)ccc1Cl)OCC. The van der Waals surface area contributed by atoms with Crippen LogP contribution in [0.5, 0.6) is 0 Å². The van der Waals surface area contributed by atoms with E-state index in [2.05, 4.69) is 4.72 Å². The summed E-state index contributed by atoms with van der Waals surface area (Å²) >= 11 is 6.09. The third-order valence-corrected chi connectivity index (χ3v) is 6.35. The Balaban J connectivity index is 2.28. The van der Waals surface area contributed by atoms with Crippen molar-refractivity contribution in [3.63, 3.8) is 0 Å². The molecule has 0 aromatic heterocycles. The number of hydrogen-bond donors (Lipinski definition) is 2. The minimum atomic E-state index is -3.99. The van der Waals surface area contributed by atoms with Crippen molar-refractivity contribution in [3.8, 4) is 0 Å². The molecule has 0 saturated carbocycles. The molecule has 0 radical (unpaired) electrons. The number of sulfonamides is 1. The minimum Gasteiger partial charge on any atom is -0.367 e. The van der Waals surface area contributed by atoms with Gasteiger partial charge < -0.3 is 19.5 Å². The number of rotatable bonds is 9. The van der Waals surface area contributed by atoms with Crippen LogP contribution in [-0.2, 0) is 30.0 Å². The molecule has 1 atom stereocenters. The van der Waals surface area contributed by atoms with Gasteiger partial charge in [-0.05, 0) is 26.0 Å². The summed E-state index contributed by atoms with van der Waals surface area (Å²) in [4.78, 5) is 12.8. The minimum absolute atomic E-state index is 0.00574. The molecule has 1 aliphatic heterocycles. The van der Waals surface area contributed by atoms with Crippen LogP contribution < -0.4 is 4.72 Å². The van der Waals surface area contributed by atoms with Gasteiger partial charge in [-0.1, -0.05) is 17.7 Å². The van der Waals surface area contributed by atoms with Gasteiger partial charge >= 0.3 is 0 Å². The highest BCUT2D eigenvalue weighted by molar-refractivity contribution is 7.89. The van der Waals surface area contributed by atoms with E-state index in [0.717, 1.165) is 0 Å². The van der Waals surface area contributed by atoms with E-state index in [9.17, 15) is 18.3 Å². The van der Waals surface area contributed by atoms with Crippen LogP contribution in [0.1, 0.15) is 32.3 Å². The molecule has 1 aromatic rings. The third kappa shape index (κ3) is 4.79. The quantitative estimate of drug-likeness (QED) is 0.585. The first-order chi connectivity index (χ1) is 12.7. The second-order valence-corrected chi connectivity index (χ2v) is 8.25. The van der Waals surface area contributed by atoms with Gasteiger partial charge in [0.15, 0.2) is 12.0 Å². The Morgan fingerprint density at radius 3 is 2.48 bits per heavy atom. The van der Waals surface area contributed by atoms with Gasteiger partial charge in [-0.3, -0.25) is 4.79 Å². The van der Waals surface area contributed by atoms with E-state index in [1.807, 2.05) is 0 Å². The molecule has 1 heterocycles. The maximum Gasteiger partial charge on any atom is 0.242 e. The number of carbonyl (C=O) groups excluding carboxylic acids is 1. The molecule has 1 fully saturated rings. The summed E-state index contributed by atoms with van der Waals surface area (Å²) in [5, 5.41) is 10.9. The van der Waals surface area contributed by atoms with Gasteiger partial charge in [0.1, 0.15) is 4.90 Å². The summed E-state index contributed by atoms with van der Waals surface area (Å²) in [6, 6.07) is 4.19. The number of hydrogen-bond acceptors (Lipinski definition) is 6. The molecule has 1 unspecified atom stereocenters. The van der Waals surface area contributed by atoms with Crippen LogP contribution in [0.4, 0.5) is 0 Å². The Morgan fingerprint density at radius 1 is 1.33 bits per heavy atom. The first-order valence-corrected chi connectivity index (χ1v) is 10.5. The molecule has 1 amide bonds. The van der Waals surface area contributed by atoms with E-state index in [1.54, 1.807) is 13.8 Å². The Bertz CT molecular complexity index is 782. The predicted molar refractivity (Wildman–Crippen MR) is 99.6 cm³/mol. The molecule has 1 saturated heterocycles. The van der Waals surface area contributed by atoms with Crippen molar-refractivity contribution in [2.75, 3.05) is 26.8 Å². The maximum absolute atomic E-state index is 12.7. The third-order valence-electron chi connectivity index (χ3n) is 4.44. The van der Waals surface area contributed by atoms with Gasteiger partial charge in [-0.25, -0.2) is 13.1 Å². The number of ether oxygens (including phenoxy) is 2. The van der Waals surface area contributed by atoms with E-state index < -0.39 is 22.0 Å². The number of benzene rings is 1. The van der Waals surface area contributed by atoms with Crippen molar-refractivity contribution in [1.29, 1.82) is 0 Å². The monoisotopic (exact) mass is 420 g/mol. The molecule has 0 bridgehead atoms. The average molecular weight is 421 g/mol. The molecule has 27 heavy (non-hydrogen) atoms. The number of nitrogens with one attached hydrogen (secondary N) is 1. The zero-order valence-electron chi connectivity index (χ0n) is 15.6. The molecular weight excluding hydrogens is 396 g/mol. The smallest absolute Gasteiger partial charge is 0.242 e. The zero-order valence-corrected chi connectivity index (χ0v) is 17.1. The lowest BCUT2D eigenvalue weighted by Gasteiger charge is -2.31. The first kappa shape index (κ1) is 22.1. The van der Waals surface area contributed by atoms with E-state index in [4.69, 9.17) is 21.1 Å². The normalized spacial score (nSPS) is 20.7. The van der Waals surface area contributed by atoms with Gasteiger partial charge in [-0.15, -0.1) is 0 Å². The zero-order chi connectivity index (χ0) is 20.2. The Labute approximate surface area is 164 Å². The van der Waals surface area contributed by atoms with E-state index in [1.165, 1.54) is 30.1 Å². The van der Waals surface area contributed by atoms with Crippen molar-refractivity contribution < 1.29 is 27.8 Å². The van der Waals surface area contributed by atoms with Crippen LogP contribution in [0.15, 0.2) is 23.1 Å². The molecule has 8 nitrogen and oxygen atoms in total. The molecule has 10 heteroatoms. The number of halogens is 1. The van der Waals surface area contributed by atoms with Crippen LogP contribution >= 0.6 is 11.6 Å². The van der Waals surface area contributed by atoms with Gasteiger partial charge in [-0.2, -0.15) is 0 Å². The average Bonchev–Trinajstić information content (AvgIpc) is 2.89. The molecule has 1 aliphatic rings. The van der Waals surface area contributed by atoms with Crippen molar-refractivity contribution >= 4 is 27.5 Å². The predicted octanol–water partition coefficient (Wildman–Crippen LogP) is 1.41. The highest BCUT2D eigenvalue weighted by atomic mass is 35.5. The van der Waals surface area contributed by atoms with E-state index in [-0.39, 0.29) is 40.8 Å². The fourth-order valence-electron chi connectivity index (χ4n) is 2.91. The summed E-state index contributed by atoms with van der Waals surface area (Å²) in [6.07, 6.45) is -0.368.